The third kappa shape index (κ3) is 3.54. The van der Waals surface area contributed by atoms with E-state index < -0.39 is 5.92 Å². The summed E-state index contributed by atoms with van der Waals surface area (Å²) in [7, 11) is 3.57. The van der Waals surface area contributed by atoms with Gasteiger partial charge in [0.1, 0.15) is 5.75 Å². The van der Waals surface area contributed by atoms with Gasteiger partial charge in [0.15, 0.2) is 0 Å². The van der Waals surface area contributed by atoms with Crippen molar-refractivity contribution in [2.75, 3.05) is 14.2 Å². The molecule has 1 aliphatic carbocycles. The van der Waals surface area contributed by atoms with E-state index in [1.807, 2.05) is 20.0 Å². The first-order valence-corrected chi connectivity index (χ1v) is 7.58. The number of ether oxygens (including phenoxy) is 1. The van der Waals surface area contributed by atoms with Crippen molar-refractivity contribution in [3.05, 3.63) is 28.8 Å². The van der Waals surface area contributed by atoms with Gasteiger partial charge in [-0.1, -0.05) is 6.07 Å². The van der Waals surface area contributed by atoms with Crippen molar-refractivity contribution in [3.63, 3.8) is 0 Å². The molecule has 0 aliphatic heterocycles. The van der Waals surface area contributed by atoms with Crippen LogP contribution in [-0.4, -0.2) is 20.1 Å². The molecule has 1 aromatic carbocycles. The van der Waals surface area contributed by atoms with Crippen LogP contribution in [0.4, 0.5) is 8.78 Å². The molecule has 0 aromatic heterocycles. The van der Waals surface area contributed by atoms with E-state index in [4.69, 9.17) is 4.74 Å². The van der Waals surface area contributed by atoms with Crippen LogP contribution >= 0.6 is 0 Å². The monoisotopic (exact) mass is 297 g/mol. The molecule has 1 aromatic rings. The van der Waals surface area contributed by atoms with Crippen molar-refractivity contribution in [3.8, 4) is 5.75 Å². The second-order valence-corrected chi connectivity index (χ2v) is 6.16. The van der Waals surface area contributed by atoms with E-state index in [-0.39, 0.29) is 24.8 Å². The molecule has 4 heteroatoms. The van der Waals surface area contributed by atoms with Crippen molar-refractivity contribution in [2.45, 2.75) is 51.5 Å². The molecule has 0 amide bonds. The number of hydrogen-bond acceptors (Lipinski definition) is 2. The number of alkyl halides is 2. The zero-order chi connectivity index (χ0) is 15.6. The molecule has 2 nitrogen and oxygen atoms in total. The van der Waals surface area contributed by atoms with E-state index in [1.165, 1.54) is 0 Å². The summed E-state index contributed by atoms with van der Waals surface area (Å²) >= 11 is 0. The number of halogens is 2. The summed E-state index contributed by atoms with van der Waals surface area (Å²) in [5.41, 5.74) is 3.42. The Labute approximate surface area is 125 Å². The predicted molar refractivity (Wildman–Crippen MR) is 81.2 cm³/mol. The van der Waals surface area contributed by atoms with Crippen LogP contribution < -0.4 is 10.1 Å². The van der Waals surface area contributed by atoms with Crippen LogP contribution in [0.1, 0.15) is 48.4 Å². The van der Waals surface area contributed by atoms with E-state index in [0.29, 0.717) is 12.8 Å². The summed E-state index contributed by atoms with van der Waals surface area (Å²) in [5, 5.41) is 3.33. The van der Waals surface area contributed by atoms with E-state index in [2.05, 4.69) is 18.3 Å². The molecular formula is C17H25F2NO. The number of hydrogen-bond donors (Lipinski definition) is 1. The number of nitrogens with one attached hydrogen (secondary N) is 1. The largest absolute Gasteiger partial charge is 0.496 e. The molecule has 2 rings (SSSR count). The van der Waals surface area contributed by atoms with Crippen molar-refractivity contribution in [2.24, 2.45) is 5.92 Å². The third-order valence-corrected chi connectivity index (χ3v) is 4.57. The summed E-state index contributed by atoms with van der Waals surface area (Å²) in [6.45, 7) is 4.10. The van der Waals surface area contributed by atoms with Crippen LogP contribution in [0.5, 0.6) is 5.75 Å². The Balaban J connectivity index is 2.30. The summed E-state index contributed by atoms with van der Waals surface area (Å²) < 4.78 is 32.3. The Morgan fingerprint density at radius 3 is 2.38 bits per heavy atom. The minimum absolute atomic E-state index is 0.0108. The highest BCUT2D eigenvalue weighted by molar-refractivity contribution is 5.45. The number of aryl methyl sites for hydroxylation is 2. The zero-order valence-electron chi connectivity index (χ0n) is 13.3. The zero-order valence-corrected chi connectivity index (χ0v) is 13.3. The molecule has 118 valence electrons. The number of benzene rings is 1. The molecule has 1 fully saturated rings. The maximum atomic E-state index is 13.4. The molecule has 1 unspecified atom stereocenters. The topological polar surface area (TPSA) is 21.3 Å². The maximum absolute atomic E-state index is 13.4. The average molecular weight is 297 g/mol. The van der Waals surface area contributed by atoms with Crippen molar-refractivity contribution in [1.29, 1.82) is 0 Å². The molecule has 0 bridgehead atoms. The fourth-order valence-corrected chi connectivity index (χ4v) is 3.52. The van der Waals surface area contributed by atoms with E-state index in [0.717, 1.165) is 22.4 Å². The lowest BCUT2D eigenvalue weighted by atomic mass is 9.78. The smallest absolute Gasteiger partial charge is 0.248 e. The van der Waals surface area contributed by atoms with Gasteiger partial charge in [0.05, 0.1) is 7.11 Å². The fraction of sp³-hybridized carbons (Fsp3) is 0.647. The standard InChI is InChI=1S/C17H25F2NO/c1-11-9-12(2)15(14(10-11)21-4)16(20-3)13-5-7-17(18,19)8-6-13/h9-10,13,16,20H,5-8H2,1-4H3. The Morgan fingerprint density at radius 1 is 1.24 bits per heavy atom. The van der Waals surface area contributed by atoms with Gasteiger partial charge >= 0.3 is 0 Å². The fourth-order valence-electron chi connectivity index (χ4n) is 3.52. The third-order valence-electron chi connectivity index (χ3n) is 4.57. The maximum Gasteiger partial charge on any atom is 0.248 e. The molecular weight excluding hydrogens is 272 g/mol. The molecule has 0 saturated heterocycles. The number of methoxy groups -OCH3 is 1. The highest BCUT2D eigenvalue weighted by Gasteiger charge is 2.38. The summed E-state index contributed by atoms with van der Waals surface area (Å²) in [6.07, 6.45) is 1.08. The van der Waals surface area contributed by atoms with Gasteiger partial charge < -0.3 is 10.1 Å². The van der Waals surface area contributed by atoms with E-state index in [1.54, 1.807) is 7.11 Å². The van der Waals surface area contributed by atoms with Crippen LogP contribution in [0, 0.1) is 19.8 Å². The van der Waals surface area contributed by atoms with Crippen LogP contribution in [0.2, 0.25) is 0 Å². The molecule has 1 aliphatic rings. The Morgan fingerprint density at radius 2 is 1.86 bits per heavy atom. The Kier molecular flexibility index (Phi) is 4.87. The average Bonchev–Trinajstić information content (AvgIpc) is 2.42. The van der Waals surface area contributed by atoms with Crippen LogP contribution in [-0.2, 0) is 0 Å². The van der Waals surface area contributed by atoms with Crippen molar-refractivity contribution < 1.29 is 13.5 Å². The summed E-state index contributed by atoms with van der Waals surface area (Å²) in [6, 6.07) is 4.21. The molecule has 1 saturated carbocycles. The Hall–Kier alpha value is -1.16. The first kappa shape index (κ1) is 16.2. The second-order valence-electron chi connectivity index (χ2n) is 6.16. The minimum Gasteiger partial charge on any atom is -0.496 e. The van der Waals surface area contributed by atoms with Gasteiger partial charge in [-0.05, 0) is 56.8 Å². The van der Waals surface area contributed by atoms with Gasteiger partial charge in [-0.15, -0.1) is 0 Å². The minimum atomic E-state index is -2.48. The van der Waals surface area contributed by atoms with Crippen molar-refractivity contribution in [1.82, 2.24) is 5.32 Å². The van der Waals surface area contributed by atoms with Gasteiger partial charge in [0, 0.05) is 24.4 Å². The number of rotatable bonds is 4. The highest BCUT2D eigenvalue weighted by Crippen LogP contribution is 2.43. The van der Waals surface area contributed by atoms with Crippen LogP contribution in [0.25, 0.3) is 0 Å². The lowest BCUT2D eigenvalue weighted by molar-refractivity contribution is -0.0495. The van der Waals surface area contributed by atoms with E-state index in [9.17, 15) is 8.78 Å². The first-order chi connectivity index (χ1) is 9.88. The van der Waals surface area contributed by atoms with Gasteiger partial charge in [0.25, 0.3) is 0 Å². The predicted octanol–water partition coefficient (Wildman–Crippen LogP) is 4.40. The molecule has 1 N–H and O–H groups in total. The van der Waals surface area contributed by atoms with Crippen LogP contribution in [0.3, 0.4) is 0 Å². The first-order valence-electron chi connectivity index (χ1n) is 7.58. The Bertz CT molecular complexity index is 492. The quantitative estimate of drug-likeness (QED) is 0.889. The van der Waals surface area contributed by atoms with Gasteiger partial charge in [-0.2, -0.15) is 0 Å². The van der Waals surface area contributed by atoms with Gasteiger partial charge in [-0.3, -0.25) is 0 Å². The second kappa shape index (κ2) is 6.30. The molecule has 0 heterocycles. The van der Waals surface area contributed by atoms with Crippen molar-refractivity contribution >= 4 is 0 Å². The molecule has 1 atom stereocenters. The SMILES string of the molecule is CNC(c1c(C)cc(C)cc1OC)C1CCC(F)(F)CC1. The van der Waals surface area contributed by atoms with Crippen LogP contribution in [0.15, 0.2) is 12.1 Å². The summed E-state index contributed by atoms with van der Waals surface area (Å²) in [4.78, 5) is 0. The van der Waals surface area contributed by atoms with Gasteiger partial charge in [-0.25, -0.2) is 8.78 Å². The molecule has 0 spiro atoms. The highest BCUT2D eigenvalue weighted by atomic mass is 19.3. The van der Waals surface area contributed by atoms with E-state index >= 15 is 0 Å². The normalized spacial score (nSPS) is 20.3. The lowest BCUT2D eigenvalue weighted by Crippen LogP contribution is -2.33. The summed E-state index contributed by atoms with van der Waals surface area (Å²) in [5.74, 6) is -1.41. The molecule has 0 radical (unpaired) electrons. The lowest BCUT2D eigenvalue weighted by Gasteiger charge is -2.35. The van der Waals surface area contributed by atoms with Gasteiger partial charge in [0.2, 0.25) is 5.92 Å². The molecule has 21 heavy (non-hydrogen) atoms.